The van der Waals surface area contributed by atoms with Crippen LogP contribution < -0.4 is 0 Å². The minimum Gasteiger partial charge on any atom is -0.484 e. The van der Waals surface area contributed by atoms with E-state index in [2.05, 4.69) is 20.8 Å². The third-order valence-corrected chi connectivity index (χ3v) is 8.26. The van der Waals surface area contributed by atoms with Gasteiger partial charge in [0.1, 0.15) is 16.3 Å². The molecule has 0 amide bonds. The smallest absolute Gasteiger partial charge is 0.243 e. The minimum absolute atomic E-state index is 0.357. The fourth-order valence-electron chi connectivity index (χ4n) is 4.67. The average Bonchev–Trinajstić information content (AvgIpc) is 2.80. The number of hydrogen-bond acceptors (Lipinski definition) is 6. The van der Waals surface area contributed by atoms with Gasteiger partial charge in [-0.2, -0.15) is 0 Å². The highest BCUT2D eigenvalue weighted by Crippen LogP contribution is 2.47. The number of aliphatic hydroxyl groups is 1. The lowest BCUT2D eigenvalue weighted by atomic mass is 9.90. The van der Waals surface area contributed by atoms with Gasteiger partial charge in [0.25, 0.3) is 0 Å². The molecule has 1 atom stereocenters. The first-order chi connectivity index (χ1) is 15.4. The van der Waals surface area contributed by atoms with Crippen molar-refractivity contribution in [2.24, 2.45) is 0 Å². The van der Waals surface area contributed by atoms with Crippen LogP contribution in [0.1, 0.15) is 34.3 Å². The van der Waals surface area contributed by atoms with Gasteiger partial charge in [0.2, 0.25) is 11.6 Å². The van der Waals surface area contributed by atoms with Gasteiger partial charge >= 0.3 is 0 Å². The van der Waals surface area contributed by atoms with Crippen LogP contribution >= 0.6 is 27.7 Å². The third kappa shape index (κ3) is 4.19. The largest absolute Gasteiger partial charge is 0.484 e. The molecule has 1 spiro atoms. The molecule has 1 aliphatic carbocycles. The molecule has 2 aliphatic heterocycles. The van der Waals surface area contributed by atoms with Crippen molar-refractivity contribution in [1.29, 1.82) is 0 Å². The predicted octanol–water partition coefficient (Wildman–Crippen LogP) is 4.08. The summed E-state index contributed by atoms with van der Waals surface area (Å²) in [6, 6.07) is 15.4. The van der Waals surface area contributed by atoms with Crippen LogP contribution in [0.5, 0.6) is 0 Å². The highest BCUT2D eigenvalue weighted by atomic mass is 79.9. The number of allylic oxidation sites excluding steroid dienone is 1. The van der Waals surface area contributed by atoms with Gasteiger partial charge < -0.3 is 14.7 Å². The Kier molecular flexibility index (Phi) is 6.01. The number of piperidine rings is 1. The summed E-state index contributed by atoms with van der Waals surface area (Å²) >= 11 is 4.92. The van der Waals surface area contributed by atoms with E-state index < -0.39 is 17.7 Å². The lowest BCUT2D eigenvalue weighted by molar-refractivity contribution is -0.111. The Balaban J connectivity index is 1.27. The Labute approximate surface area is 200 Å². The summed E-state index contributed by atoms with van der Waals surface area (Å²) in [6.07, 6.45) is 1.88. The lowest BCUT2D eigenvalue weighted by Crippen LogP contribution is -2.50. The molecular formula is C25H24BrNO4S. The summed E-state index contributed by atoms with van der Waals surface area (Å²) < 4.78 is 7.39. The molecule has 1 saturated heterocycles. The number of aliphatic hydroxyl groups excluding tert-OH is 1. The van der Waals surface area contributed by atoms with Crippen molar-refractivity contribution in [3.63, 3.8) is 0 Å². The van der Waals surface area contributed by atoms with E-state index in [9.17, 15) is 14.7 Å². The van der Waals surface area contributed by atoms with Crippen molar-refractivity contribution in [1.82, 2.24) is 4.90 Å². The number of benzene rings is 2. The maximum Gasteiger partial charge on any atom is 0.243 e. The second kappa shape index (κ2) is 8.78. The molecule has 1 fully saturated rings. The Bertz CT molecular complexity index is 1090. The molecule has 2 aromatic rings. The molecule has 0 radical (unpaired) electrons. The summed E-state index contributed by atoms with van der Waals surface area (Å²) in [5, 5.41) is 10.5. The second-order valence-corrected chi connectivity index (χ2v) is 10.6. The number of hydrogen-bond donors (Lipinski definition) is 1. The van der Waals surface area contributed by atoms with Gasteiger partial charge in [-0.15, -0.1) is 11.8 Å². The van der Waals surface area contributed by atoms with Gasteiger partial charge in [0, 0.05) is 53.8 Å². The molecule has 1 N–H and O–H groups in total. The van der Waals surface area contributed by atoms with Crippen molar-refractivity contribution in [2.45, 2.75) is 31.0 Å². The molecule has 0 unspecified atom stereocenters. The van der Waals surface area contributed by atoms with Crippen molar-refractivity contribution in [3.05, 3.63) is 74.6 Å². The van der Waals surface area contributed by atoms with Crippen LogP contribution in [0.15, 0.2) is 57.9 Å². The van der Waals surface area contributed by atoms with Crippen molar-refractivity contribution < 1.29 is 19.4 Å². The number of carbonyl (C=O) groups is 2. The number of halogens is 1. The quantitative estimate of drug-likeness (QED) is 0.621. The van der Waals surface area contributed by atoms with Crippen molar-refractivity contribution in [3.8, 4) is 0 Å². The molecule has 7 heteroatoms. The highest BCUT2D eigenvalue weighted by molar-refractivity contribution is 9.10. The van der Waals surface area contributed by atoms with Crippen LogP contribution in [0.3, 0.4) is 0 Å². The predicted molar refractivity (Wildman–Crippen MR) is 129 cm³/mol. The standard InChI is InChI=1S/C25H24BrNO4S/c26-17-6-7-19-20(13-17)23-24(22(30)21(19)29)32-15-25(31-23)8-10-27(11-9-25)14-18(28)12-16-4-2-1-3-5-16/h1-7,13,18,28H,8-12,14-15H2/t18-/m1/s1. The first-order valence-corrected chi connectivity index (χ1v) is 12.6. The third-order valence-electron chi connectivity index (χ3n) is 6.44. The van der Waals surface area contributed by atoms with Gasteiger partial charge in [-0.1, -0.05) is 46.3 Å². The van der Waals surface area contributed by atoms with Crippen LogP contribution in [-0.4, -0.2) is 58.7 Å². The Morgan fingerprint density at radius 2 is 1.81 bits per heavy atom. The summed E-state index contributed by atoms with van der Waals surface area (Å²) in [5.41, 5.74) is 1.90. The topological polar surface area (TPSA) is 66.8 Å². The first kappa shape index (κ1) is 21.9. The number of fused-ring (bicyclic) bond motifs is 2. The molecule has 0 aromatic heterocycles. The van der Waals surface area contributed by atoms with E-state index in [0.29, 0.717) is 40.5 Å². The Morgan fingerprint density at radius 3 is 2.56 bits per heavy atom. The number of β-amino-alcohol motifs (C(OH)–C–C–N with tert-alkyl or cyclic N) is 1. The maximum atomic E-state index is 12.6. The molecule has 2 heterocycles. The van der Waals surface area contributed by atoms with E-state index in [1.807, 2.05) is 36.4 Å². The molecule has 0 bridgehead atoms. The number of likely N-dealkylation sites (tertiary alicyclic amines) is 1. The monoisotopic (exact) mass is 513 g/mol. The first-order valence-electron chi connectivity index (χ1n) is 10.8. The van der Waals surface area contributed by atoms with E-state index >= 15 is 0 Å². The number of carbonyl (C=O) groups excluding carboxylic acids is 2. The number of Topliss-reactive ketones (excluding diaryl/α,β-unsaturated/α-hetero) is 2. The molecule has 166 valence electrons. The van der Waals surface area contributed by atoms with Gasteiger partial charge in [-0.25, -0.2) is 0 Å². The van der Waals surface area contributed by atoms with Crippen LogP contribution in [-0.2, 0) is 16.0 Å². The number of ketones is 2. The molecule has 32 heavy (non-hydrogen) atoms. The SMILES string of the molecule is O=C1C(=O)c2ccc(Br)cc2C2=C1SCC1(CCN(C[C@H](O)Cc3ccccc3)CC1)O2. The zero-order valence-electron chi connectivity index (χ0n) is 17.6. The molecule has 5 rings (SSSR count). The summed E-state index contributed by atoms with van der Waals surface area (Å²) in [4.78, 5) is 27.9. The van der Waals surface area contributed by atoms with Gasteiger partial charge in [0.05, 0.1) is 6.10 Å². The molecule has 2 aromatic carbocycles. The molecule has 3 aliphatic rings. The van der Waals surface area contributed by atoms with Gasteiger partial charge in [-0.05, 0) is 30.2 Å². The van der Waals surface area contributed by atoms with Crippen LogP contribution in [0.2, 0.25) is 0 Å². The van der Waals surface area contributed by atoms with Crippen LogP contribution in [0.25, 0.3) is 5.76 Å². The molecule has 5 nitrogen and oxygen atoms in total. The number of ether oxygens (including phenoxy) is 1. The van der Waals surface area contributed by atoms with E-state index in [4.69, 9.17) is 4.74 Å². The van der Waals surface area contributed by atoms with Crippen molar-refractivity contribution >= 4 is 45.0 Å². The highest BCUT2D eigenvalue weighted by Gasteiger charge is 2.46. The zero-order chi connectivity index (χ0) is 22.3. The second-order valence-electron chi connectivity index (χ2n) is 8.72. The summed E-state index contributed by atoms with van der Waals surface area (Å²) in [6.45, 7) is 2.29. The minimum atomic E-state index is -0.462. The summed E-state index contributed by atoms with van der Waals surface area (Å²) in [7, 11) is 0. The van der Waals surface area contributed by atoms with Crippen LogP contribution in [0, 0.1) is 0 Å². The van der Waals surface area contributed by atoms with E-state index in [1.54, 1.807) is 12.1 Å². The van der Waals surface area contributed by atoms with E-state index in [1.165, 1.54) is 11.8 Å². The lowest BCUT2D eigenvalue weighted by Gasteiger charge is -2.45. The fourth-order valence-corrected chi connectivity index (χ4v) is 6.30. The Morgan fingerprint density at radius 1 is 1.06 bits per heavy atom. The number of rotatable bonds is 4. The number of thioether (sulfide) groups is 1. The maximum absolute atomic E-state index is 12.6. The van der Waals surface area contributed by atoms with Crippen LogP contribution in [0.4, 0.5) is 0 Å². The fraction of sp³-hybridized carbons (Fsp3) is 0.360. The van der Waals surface area contributed by atoms with E-state index in [-0.39, 0.29) is 5.60 Å². The molecule has 0 saturated carbocycles. The normalized spacial score (nSPS) is 21.2. The van der Waals surface area contributed by atoms with Gasteiger partial charge in [0.15, 0.2) is 0 Å². The van der Waals surface area contributed by atoms with E-state index in [0.717, 1.165) is 36.0 Å². The zero-order valence-corrected chi connectivity index (χ0v) is 20.0. The van der Waals surface area contributed by atoms with Crippen molar-refractivity contribution in [2.75, 3.05) is 25.4 Å². The summed E-state index contributed by atoms with van der Waals surface area (Å²) in [5.74, 6) is 0.297. The molecular weight excluding hydrogens is 490 g/mol. The number of nitrogens with zero attached hydrogens (tertiary/aromatic N) is 1. The van der Waals surface area contributed by atoms with Gasteiger partial charge in [-0.3, -0.25) is 9.59 Å². The average molecular weight is 514 g/mol. The Hall–Kier alpha value is -1.93.